The van der Waals surface area contributed by atoms with Gasteiger partial charge in [-0.05, 0) is 71.2 Å². The largest absolute Gasteiger partial charge is 0.494 e. The molecule has 3 rings (SSSR count). The molecule has 33 heavy (non-hydrogen) atoms. The van der Waals surface area contributed by atoms with E-state index < -0.39 is 5.91 Å². The molecule has 0 atom stereocenters. The number of aryl methyl sites for hydroxylation is 1. The van der Waals surface area contributed by atoms with Gasteiger partial charge >= 0.3 is 0 Å². The molecule has 0 aliphatic rings. The predicted molar refractivity (Wildman–Crippen MR) is 134 cm³/mol. The number of anilines is 1. The molecule has 0 saturated carbocycles. The summed E-state index contributed by atoms with van der Waals surface area (Å²) in [6.07, 6.45) is 1.47. The molecule has 0 aliphatic heterocycles. The molecule has 1 N–H and O–H groups in total. The third-order valence-electron chi connectivity index (χ3n) is 4.60. The summed E-state index contributed by atoms with van der Waals surface area (Å²) in [5.41, 5.74) is 3.25. The summed E-state index contributed by atoms with van der Waals surface area (Å²) in [5, 5.41) is 12.6. The van der Waals surface area contributed by atoms with Crippen molar-refractivity contribution in [3.63, 3.8) is 0 Å². The van der Waals surface area contributed by atoms with Crippen molar-refractivity contribution in [2.24, 2.45) is 0 Å². The number of hydrogen-bond donors (Lipinski definition) is 1. The van der Waals surface area contributed by atoms with Gasteiger partial charge in [0.25, 0.3) is 5.91 Å². The Labute approximate surface area is 206 Å². The Morgan fingerprint density at radius 1 is 1.15 bits per heavy atom. The number of hydrogen-bond acceptors (Lipinski definition) is 4. The van der Waals surface area contributed by atoms with Crippen LogP contribution in [0.3, 0.4) is 0 Å². The Hall–Kier alpha value is -3.27. The fraction of sp³-hybridized carbons (Fsp3) is 0.154. The first kappa shape index (κ1) is 24.4. The van der Waals surface area contributed by atoms with E-state index in [-0.39, 0.29) is 5.57 Å². The highest BCUT2D eigenvalue weighted by Gasteiger charge is 2.13. The molecule has 168 valence electrons. The van der Waals surface area contributed by atoms with Gasteiger partial charge in [-0.3, -0.25) is 4.79 Å². The molecule has 0 unspecified atom stereocenters. The lowest BCUT2D eigenvalue weighted by molar-refractivity contribution is -0.112. The quantitative estimate of drug-likeness (QED) is 0.256. The summed E-state index contributed by atoms with van der Waals surface area (Å²) in [4.78, 5) is 12.6. The number of carbonyl (C=O) groups excluding carboxylic acids is 1. The number of nitrogens with one attached hydrogen (secondary N) is 1. The minimum atomic E-state index is -0.530. The van der Waals surface area contributed by atoms with Crippen LogP contribution < -0.4 is 14.8 Å². The van der Waals surface area contributed by atoms with E-state index in [1.165, 1.54) is 11.6 Å². The minimum absolute atomic E-state index is 0.0619. The molecule has 0 bridgehead atoms. The van der Waals surface area contributed by atoms with Gasteiger partial charge < -0.3 is 14.8 Å². The lowest BCUT2D eigenvalue weighted by Gasteiger charge is -2.12. The number of amides is 1. The van der Waals surface area contributed by atoms with E-state index in [2.05, 4.69) is 21.2 Å². The number of rotatable bonds is 8. The van der Waals surface area contributed by atoms with E-state index >= 15 is 0 Å². The second kappa shape index (κ2) is 11.6. The number of carbonyl (C=O) groups is 1. The van der Waals surface area contributed by atoms with Crippen LogP contribution in [0.1, 0.15) is 23.6 Å². The highest BCUT2D eigenvalue weighted by atomic mass is 79.9. The van der Waals surface area contributed by atoms with Crippen molar-refractivity contribution in [2.75, 3.05) is 11.9 Å². The molecular weight excluding hydrogens is 504 g/mol. The molecule has 1 amide bonds. The fourth-order valence-corrected chi connectivity index (χ4v) is 3.97. The molecule has 0 heterocycles. The van der Waals surface area contributed by atoms with E-state index in [1.54, 1.807) is 36.4 Å². The molecule has 3 aromatic rings. The van der Waals surface area contributed by atoms with Gasteiger partial charge in [0.05, 0.1) is 16.1 Å². The van der Waals surface area contributed by atoms with Crippen LogP contribution in [0.2, 0.25) is 5.02 Å². The van der Waals surface area contributed by atoms with Crippen molar-refractivity contribution >= 4 is 45.2 Å². The first-order valence-corrected chi connectivity index (χ1v) is 11.4. The van der Waals surface area contributed by atoms with Gasteiger partial charge in [0.1, 0.15) is 24.0 Å². The summed E-state index contributed by atoms with van der Waals surface area (Å²) in [5.74, 6) is 0.595. The van der Waals surface area contributed by atoms with Crippen LogP contribution >= 0.6 is 27.5 Å². The first-order chi connectivity index (χ1) is 15.9. The molecule has 0 fully saturated rings. The van der Waals surface area contributed by atoms with Gasteiger partial charge in [-0.25, -0.2) is 0 Å². The average molecular weight is 526 g/mol. The Morgan fingerprint density at radius 3 is 2.58 bits per heavy atom. The fourth-order valence-electron chi connectivity index (χ4n) is 2.98. The maximum atomic E-state index is 12.6. The predicted octanol–water partition coefficient (Wildman–Crippen LogP) is 6.93. The van der Waals surface area contributed by atoms with Crippen molar-refractivity contribution in [3.8, 4) is 17.6 Å². The number of nitrogens with zero attached hydrogens (tertiary/aromatic N) is 1. The second-order valence-corrected chi connectivity index (χ2v) is 8.43. The van der Waals surface area contributed by atoms with Crippen molar-refractivity contribution in [2.45, 2.75) is 20.5 Å². The molecule has 0 saturated heterocycles. The Balaban J connectivity index is 1.75. The lowest BCUT2D eigenvalue weighted by Crippen LogP contribution is -2.13. The average Bonchev–Trinajstić information content (AvgIpc) is 2.78. The zero-order chi connectivity index (χ0) is 23.8. The van der Waals surface area contributed by atoms with Crippen LogP contribution in [0.4, 0.5) is 5.69 Å². The number of halogens is 2. The van der Waals surface area contributed by atoms with Crippen molar-refractivity contribution in [1.82, 2.24) is 0 Å². The third kappa shape index (κ3) is 6.85. The summed E-state index contributed by atoms with van der Waals surface area (Å²) in [6.45, 7) is 4.78. The van der Waals surface area contributed by atoms with Crippen LogP contribution in [0.25, 0.3) is 6.08 Å². The second-order valence-electron chi connectivity index (χ2n) is 7.17. The normalized spacial score (nSPS) is 10.9. The van der Waals surface area contributed by atoms with Crippen molar-refractivity contribution in [1.29, 1.82) is 5.26 Å². The topological polar surface area (TPSA) is 71.3 Å². The van der Waals surface area contributed by atoms with Crippen LogP contribution in [0.15, 0.2) is 70.7 Å². The van der Waals surface area contributed by atoms with Crippen LogP contribution in [0, 0.1) is 18.3 Å². The summed E-state index contributed by atoms with van der Waals surface area (Å²) < 4.78 is 11.9. The highest BCUT2D eigenvalue weighted by molar-refractivity contribution is 9.10. The third-order valence-corrected chi connectivity index (χ3v) is 5.47. The summed E-state index contributed by atoms with van der Waals surface area (Å²) in [7, 11) is 0. The number of nitriles is 1. The zero-order valence-corrected chi connectivity index (χ0v) is 20.5. The standard InChI is InChI=1S/C26H22BrClN2O3/c1-3-32-22-6-4-5-21(14-22)30-26(31)20(15-29)11-19-12-23(27)25(24(28)13-19)33-16-18-9-7-17(2)8-10-18/h4-14H,3,16H2,1-2H3,(H,30,31)/b20-11-. The van der Waals surface area contributed by atoms with Crippen molar-refractivity contribution in [3.05, 3.63) is 92.4 Å². The van der Waals surface area contributed by atoms with Gasteiger partial charge in [0.2, 0.25) is 0 Å². The first-order valence-electron chi connectivity index (χ1n) is 10.2. The smallest absolute Gasteiger partial charge is 0.266 e. The maximum absolute atomic E-state index is 12.6. The van der Waals surface area contributed by atoms with Gasteiger partial charge in [0.15, 0.2) is 5.75 Å². The lowest BCUT2D eigenvalue weighted by atomic mass is 10.1. The van der Waals surface area contributed by atoms with Crippen molar-refractivity contribution < 1.29 is 14.3 Å². The molecule has 0 aliphatic carbocycles. The van der Waals surface area contributed by atoms with Crippen LogP contribution in [-0.2, 0) is 11.4 Å². The summed E-state index contributed by atoms with van der Waals surface area (Å²) in [6, 6.07) is 20.4. The molecule has 0 aromatic heterocycles. The summed E-state index contributed by atoms with van der Waals surface area (Å²) >= 11 is 9.90. The van der Waals surface area contributed by atoms with E-state index in [0.29, 0.717) is 45.5 Å². The van der Waals surface area contributed by atoms with Gasteiger partial charge in [-0.2, -0.15) is 5.26 Å². The Morgan fingerprint density at radius 2 is 1.91 bits per heavy atom. The molecule has 7 heteroatoms. The van der Waals surface area contributed by atoms with E-state index in [1.807, 2.05) is 44.2 Å². The molecule has 5 nitrogen and oxygen atoms in total. The molecule has 0 spiro atoms. The van der Waals surface area contributed by atoms with E-state index in [4.69, 9.17) is 21.1 Å². The van der Waals surface area contributed by atoms with Gasteiger partial charge in [0, 0.05) is 11.8 Å². The number of ether oxygens (including phenoxy) is 2. The monoisotopic (exact) mass is 524 g/mol. The van der Waals surface area contributed by atoms with Crippen LogP contribution in [-0.4, -0.2) is 12.5 Å². The minimum Gasteiger partial charge on any atom is -0.494 e. The number of benzene rings is 3. The van der Waals surface area contributed by atoms with Gasteiger partial charge in [-0.1, -0.05) is 47.5 Å². The van der Waals surface area contributed by atoms with Crippen LogP contribution in [0.5, 0.6) is 11.5 Å². The van der Waals surface area contributed by atoms with Gasteiger partial charge in [-0.15, -0.1) is 0 Å². The van der Waals surface area contributed by atoms with E-state index in [9.17, 15) is 10.1 Å². The molecule has 0 radical (unpaired) electrons. The SMILES string of the molecule is CCOc1cccc(NC(=O)/C(C#N)=C\c2cc(Cl)c(OCc3ccc(C)cc3)c(Br)c2)c1. The Bertz CT molecular complexity index is 1190. The molecule has 3 aromatic carbocycles. The molecular formula is C26H22BrClN2O3. The Kier molecular flexibility index (Phi) is 8.53. The maximum Gasteiger partial charge on any atom is 0.266 e. The van der Waals surface area contributed by atoms with E-state index in [0.717, 1.165) is 5.56 Å². The highest BCUT2D eigenvalue weighted by Crippen LogP contribution is 2.35. The zero-order valence-electron chi connectivity index (χ0n) is 18.2.